The lowest BCUT2D eigenvalue weighted by molar-refractivity contribution is 0.669. The molecule has 0 saturated carbocycles. The quantitative estimate of drug-likeness (QED) is 0.227. The summed E-state index contributed by atoms with van der Waals surface area (Å²) in [5, 5.41) is 6.13. The van der Waals surface area contributed by atoms with E-state index < -0.39 is 5.41 Å². The minimum atomic E-state index is -0.445. The van der Waals surface area contributed by atoms with Gasteiger partial charge in [-0.1, -0.05) is 133 Å². The van der Waals surface area contributed by atoms with Gasteiger partial charge in [0, 0.05) is 33.3 Å². The van der Waals surface area contributed by atoms with Crippen molar-refractivity contribution in [3.63, 3.8) is 0 Å². The van der Waals surface area contributed by atoms with Crippen LogP contribution in [-0.2, 0) is 5.41 Å². The minimum absolute atomic E-state index is 0.445. The van der Waals surface area contributed by atoms with Crippen LogP contribution in [0, 0.1) is 0 Å². The van der Waals surface area contributed by atoms with Gasteiger partial charge in [0.1, 0.15) is 11.2 Å². The van der Waals surface area contributed by atoms with Gasteiger partial charge in [0.2, 0.25) is 0 Å². The first kappa shape index (κ1) is 24.6. The standard InChI is InChI=1S/C43H27NO/c1-2-11-27(12-3-1)28-21-23-29(24-22-28)44-38-19-10-18-36-40(38)32-14-4-7-16-34(32)43(36)35-17-8-5-15-33(35)41-37(43)26-25-31-30-13-6-9-20-39(30)45-42(31)41/h1-26,44H. The number of hydrogen-bond acceptors (Lipinski definition) is 2. The highest BCUT2D eigenvalue weighted by molar-refractivity contribution is 6.13. The Hall–Kier alpha value is -5.86. The highest BCUT2D eigenvalue weighted by Gasteiger charge is 2.53. The summed E-state index contributed by atoms with van der Waals surface area (Å²) >= 11 is 0. The van der Waals surface area contributed by atoms with Crippen molar-refractivity contribution in [2.24, 2.45) is 0 Å². The normalized spacial score (nSPS) is 15.6. The van der Waals surface area contributed by atoms with Crippen molar-refractivity contribution in [2.45, 2.75) is 5.41 Å². The van der Waals surface area contributed by atoms with Crippen LogP contribution in [-0.4, -0.2) is 0 Å². The number of fused-ring (bicyclic) bond motifs is 14. The Morgan fingerprint density at radius 1 is 0.422 bits per heavy atom. The summed E-state index contributed by atoms with van der Waals surface area (Å²) in [6.45, 7) is 0. The Labute approximate surface area is 261 Å². The third-order valence-corrected chi connectivity index (χ3v) is 9.89. The van der Waals surface area contributed by atoms with Crippen molar-refractivity contribution < 1.29 is 4.42 Å². The SMILES string of the molecule is c1ccc(-c2ccc(Nc3cccc4c3-c3ccccc3C43c4ccccc4-c4c3ccc3c4oc4ccccc43)cc2)cc1. The van der Waals surface area contributed by atoms with Gasteiger partial charge in [-0.3, -0.25) is 0 Å². The first-order valence-corrected chi connectivity index (χ1v) is 15.5. The number of nitrogens with one attached hydrogen (secondary N) is 1. The number of furan rings is 1. The molecular weight excluding hydrogens is 546 g/mol. The Morgan fingerprint density at radius 2 is 1.04 bits per heavy atom. The molecule has 2 aliphatic rings. The number of para-hydroxylation sites is 1. The van der Waals surface area contributed by atoms with Gasteiger partial charge in [-0.25, -0.2) is 0 Å². The molecule has 0 aliphatic heterocycles. The van der Waals surface area contributed by atoms with E-state index >= 15 is 0 Å². The molecule has 1 spiro atoms. The van der Waals surface area contributed by atoms with E-state index in [9.17, 15) is 0 Å². The Kier molecular flexibility index (Phi) is 4.95. The van der Waals surface area contributed by atoms with Crippen molar-refractivity contribution in [3.05, 3.63) is 180 Å². The van der Waals surface area contributed by atoms with Crippen LogP contribution >= 0.6 is 0 Å². The van der Waals surface area contributed by atoms with Crippen LogP contribution in [0.2, 0.25) is 0 Å². The van der Waals surface area contributed by atoms with Crippen LogP contribution in [0.5, 0.6) is 0 Å². The van der Waals surface area contributed by atoms with E-state index in [1.807, 2.05) is 6.07 Å². The van der Waals surface area contributed by atoms with Crippen LogP contribution < -0.4 is 5.32 Å². The third-order valence-electron chi connectivity index (χ3n) is 9.89. The molecule has 45 heavy (non-hydrogen) atoms. The second-order valence-electron chi connectivity index (χ2n) is 12.1. The maximum Gasteiger partial charge on any atom is 0.143 e. The molecule has 7 aromatic carbocycles. The van der Waals surface area contributed by atoms with Gasteiger partial charge in [0.05, 0.1) is 5.41 Å². The molecule has 0 amide bonds. The molecule has 1 atom stereocenters. The second kappa shape index (κ2) is 9.07. The van der Waals surface area contributed by atoms with Crippen molar-refractivity contribution >= 4 is 33.3 Å². The summed E-state index contributed by atoms with van der Waals surface area (Å²) in [6, 6.07) is 56.9. The highest BCUT2D eigenvalue weighted by atomic mass is 16.3. The molecule has 0 saturated heterocycles. The molecule has 1 unspecified atom stereocenters. The van der Waals surface area contributed by atoms with Crippen molar-refractivity contribution in [3.8, 4) is 33.4 Å². The summed E-state index contributed by atoms with van der Waals surface area (Å²) in [5.74, 6) is 0. The van der Waals surface area contributed by atoms with E-state index in [0.29, 0.717) is 0 Å². The van der Waals surface area contributed by atoms with Gasteiger partial charge in [0.25, 0.3) is 0 Å². The largest absolute Gasteiger partial charge is 0.455 e. The molecule has 2 nitrogen and oxygen atoms in total. The summed E-state index contributed by atoms with van der Waals surface area (Å²) in [6.07, 6.45) is 0. The molecule has 1 heterocycles. The first-order valence-electron chi connectivity index (χ1n) is 15.5. The highest BCUT2D eigenvalue weighted by Crippen LogP contribution is 2.65. The zero-order valence-corrected chi connectivity index (χ0v) is 24.4. The average molecular weight is 574 g/mol. The molecule has 0 fully saturated rings. The molecule has 0 bridgehead atoms. The number of anilines is 2. The molecule has 1 aromatic heterocycles. The van der Waals surface area contributed by atoms with Gasteiger partial charge < -0.3 is 9.73 Å². The van der Waals surface area contributed by atoms with E-state index in [1.165, 1.54) is 55.6 Å². The molecule has 8 aromatic rings. The van der Waals surface area contributed by atoms with Crippen molar-refractivity contribution in [1.82, 2.24) is 0 Å². The van der Waals surface area contributed by atoms with Crippen molar-refractivity contribution in [1.29, 1.82) is 0 Å². The number of benzene rings is 7. The van der Waals surface area contributed by atoms with Crippen LogP contribution in [0.25, 0.3) is 55.3 Å². The molecule has 2 aliphatic carbocycles. The van der Waals surface area contributed by atoms with E-state index in [0.717, 1.165) is 33.3 Å². The fourth-order valence-electron chi connectivity index (χ4n) is 8.09. The van der Waals surface area contributed by atoms with Gasteiger partial charge in [-0.15, -0.1) is 0 Å². The second-order valence-corrected chi connectivity index (χ2v) is 12.1. The summed E-state index contributed by atoms with van der Waals surface area (Å²) in [5.41, 5.74) is 16.2. The lowest BCUT2D eigenvalue weighted by Crippen LogP contribution is -2.25. The molecule has 2 heteroatoms. The smallest absolute Gasteiger partial charge is 0.143 e. The maximum atomic E-state index is 6.66. The molecular formula is C43H27NO. The number of rotatable bonds is 3. The minimum Gasteiger partial charge on any atom is -0.455 e. The Balaban J connectivity index is 1.21. The molecule has 0 radical (unpaired) electrons. The maximum absolute atomic E-state index is 6.66. The topological polar surface area (TPSA) is 25.2 Å². The van der Waals surface area contributed by atoms with Gasteiger partial charge in [-0.05, 0) is 68.8 Å². The van der Waals surface area contributed by atoms with Crippen LogP contribution in [0.1, 0.15) is 22.3 Å². The molecule has 10 rings (SSSR count). The number of hydrogen-bond donors (Lipinski definition) is 1. The van der Waals surface area contributed by atoms with E-state index in [2.05, 4.69) is 157 Å². The fraction of sp³-hybridized carbons (Fsp3) is 0.0233. The zero-order chi connectivity index (χ0) is 29.5. The predicted octanol–water partition coefficient (Wildman–Crippen LogP) is 11.3. The molecule has 210 valence electrons. The summed E-state index contributed by atoms with van der Waals surface area (Å²) in [4.78, 5) is 0. The van der Waals surface area contributed by atoms with Crippen LogP contribution in [0.3, 0.4) is 0 Å². The fourth-order valence-corrected chi connectivity index (χ4v) is 8.09. The van der Waals surface area contributed by atoms with E-state index in [4.69, 9.17) is 4.42 Å². The predicted molar refractivity (Wildman–Crippen MR) is 185 cm³/mol. The monoisotopic (exact) mass is 573 g/mol. The zero-order valence-electron chi connectivity index (χ0n) is 24.4. The van der Waals surface area contributed by atoms with E-state index in [-0.39, 0.29) is 0 Å². The van der Waals surface area contributed by atoms with Gasteiger partial charge in [-0.2, -0.15) is 0 Å². The Bertz CT molecular complexity index is 2450. The van der Waals surface area contributed by atoms with E-state index in [1.54, 1.807) is 0 Å². The first-order chi connectivity index (χ1) is 22.3. The van der Waals surface area contributed by atoms with Crippen molar-refractivity contribution in [2.75, 3.05) is 5.32 Å². The lowest BCUT2D eigenvalue weighted by Gasteiger charge is -2.30. The lowest BCUT2D eigenvalue weighted by atomic mass is 9.70. The summed E-state index contributed by atoms with van der Waals surface area (Å²) in [7, 11) is 0. The van der Waals surface area contributed by atoms with Gasteiger partial charge >= 0.3 is 0 Å². The van der Waals surface area contributed by atoms with Crippen LogP contribution in [0.15, 0.2) is 162 Å². The molecule has 1 N–H and O–H groups in total. The average Bonchev–Trinajstić information content (AvgIpc) is 3.73. The Morgan fingerprint density at radius 3 is 1.84 bits per heavy atom. The summed E-state index contributed by atoms with van der Waals surface area (Å²) < 4.78 is 6.66. The van der Waals surface area contributed by atoms with Gasteiger partial charge in [0.15, 0.2) is 0 Å². The van der Waals surface area contributed by atoms with Crippen LogP contribution in [0.4, 0.5) is 11.4 Å². The third kappa shape index (κ3) is 3.23.